The first kappa shape index (κ1) is 14.1. The number of rotatable bonds is 5. The summed E-state index contributed by atoms with van der Waals surface area (Å²) in [7, 11) is 0. The Balaban J connectivity index is 1.98. The molecule has 0 bridgehead atoms. The molecule has 1 aliphatic carbocycles. The second-order valence-corrected chi connectivity index (χ2v) is 5.39. The van der Waals surface area contributed by atoms with E-state index in [1.165, 1.54) is 6.42 Å². The highest BCUT2D eigenvalue weighted by Gasteiger charge is 2.28. The van der Waals surface area contributed by atoms with Gasteiger partial charge in [-0.15, -0.1) is 0 Å². The highest BCUT2D eigenvalue weighted by Crippen LogP contribution is 2.28. The monoisotopic (exact) mass is 264 g/mol. The van der Waals surface area contributed by atoms with E-state index in [1.807, 2.05) is 19.9 Å². The quantitative estimate of drug-likeness (QED) is 0.761. The lowest BCUT2D eigenvalue weighted by Gasteiger charge is -2.32. The van der Waals surface area contributed by atoms with Crippen LogP contribution in [-0.2, 0) is 0 Å². The normalized spacial score (nSPS) is 18.1. The molecular formula is C14H24N4O. The number of anilines is 2. The van der Waals surface area contributed by atoms with E-state index in [0.717, 1.165) is 43.7 Å². The third-order valence-corrected chi connectivity index (χ3v) is 3.57. The fourth-order valence-corrected chi connectivity index (χ4v) is 2.54. The molecule has 1 aromatic rings. The Kier molecular flexibility index (Phi) is 4.58. The summed E-state index contributed by atoms with van der Waals surface area (Å²) in [4.78, 5) is 8.71. The molecule has 1 aliphatic rings. The maximum Gasteiger partial charge on any atom is 0.224 e. The average molecular weight is 264 g/mol. The van der Waals surface area contributed by atoms with Crippen molar-refractivity contribution < 1.29 is 5.11 Å². The number of nitrogens with zero attached hydrogens (tertiary/aromatic N) is 2. The van der Waals surface area contributed by atoms with Gasteiger partial charge in [-0.2, -0.15) is 4.98 Å². The first-order valence-electron chi connectivity index (χ1n) is 7.17. The summed E-state index contributed by atoms with van der Waals surface area (Å²) in [6, 6.07) is 1.91. The van der Waals surface area contributed by atoms with Crippen molar-refractivity contribution in [3.05, 3.63) is 11.8 Å². The van der Waals surface area contributed by atoms with Gasteiger partial charge in [-0.05, 0) is 26.7 Å². The lowest BCUT2D eigenvalue weighted by molar-refractivity contribution is 0.0166. The van der Waals surface area contributed by atoms with Gasteiger partial charge in [-0.1, -0.05) is 19.3 Å². The number of hydrogen-bond acceptors (Lipinski definition) is 5. The highest BCUT2D eigenvalue weighted by molar-refractivity contribution is 5.42. The summed E-state index contributed by atoms with van der Waals surface area (Å²) in [5.74, 6) is 1.42. The summed E-state index contributed by atoms with van der Waals surface area (Å²) < 4.78 is 0. The van der Waals surface area contributed by atoms with Gasteiger partial charge >= 0.3 is 0 Å². The second kappa shape index (κ2) is 6.19. The van der Waals surface area contributed by atoms with E-state index >= 15 is 0 Å². The van der Waals surface area contributed by atoms with Crippen LogP contribution >= 0.6 is 0 Å². The highest BCUT2D eigenvalue weighted by atomic mass is 16.3. The van der Waals surface area contributed by atoms with Crippen molar-refractivity contribution in [2.24, 2.45) is 0 Å². The predicted octanol–water partition coefficient (Wildman–Crippen LogP) is 2.32. The van der Waals surface area contributed by atoms with Gasteiger partial charge < -0.3 is 15.7 Å². The molecule has 1 heterocycles. The fraction of sp³-hybridized carbons (Fsp3) is 0.714. The predicted molar refractivity (Wildman–Crippen MR) is 77.5 cm³/mol. The first-order valence-corrected chi connectivity index (χ1v) is 7.17. The van der Waals surface area contributed by atoms with E-state index in [-0.39, 0.29) is 0 Å². The van der Waals surface area contributed by atoms with Gasteiger partial charge in [-0.3, -0.25) is 0 Å². The van der Waals surface area contributed by atoms with Crippen molar-refractivity contribution in [2.75, 3.05) is 23.7 Å². The van der Waals surface area contributed by atoms with E-state index in [0.29, 0.717) is 12.5 Å². The lowest BCUT2D eigenvalue weighted by Crippen LogP contribution is -2.39. The van der Waals surface area contributed by atoms with Gasteiger partial charge in [0.15, 0.2) is 0 Å². The molecule has 1 aromatic heterocycles. The van der Waals surface area contributed by atoms with Gasteiger partial charge in [0, 0.05) is 24.8 Å². The van der Waals surface area contributed by atoms with E-state index in [9.17, 15) is 5.11 Å². The maximum absolute atomic E-state index is 10.5. The van der Waals surface area contributed by atoms with Crippen molar-refractivity contribution in [1.29, 1.82) is 0 Å². The van der Waals surface area contributed by atoms with Crippen LogP contribution in [-0.4, -0.2) is 33.8 Å². The second-order valence-electron chi connectivity index (χ2n) is 5.39. The van der Waals surface area contributed by atoms with Crippen molar-refractivity contribution >= 4 is 11.8 Å². The van der Waals surface area contributed by atoms with E-state index < -0.39 is 5.60 Å². The minimum absolute atomic E-state index is 0.565. The van der Waals surface area contributed by atoms with Gasteiger partial charge in [0.2, 0.25) is 5.95 Å². The topological polar surface area (TPSA) is 70.1 Å². The summed E-state index contributed by atoms with van der Waals surface area (Å²) in [6.45, 7) is 5.33. The largest absolute Gasteiger partial charge is 0.388 e. The molecule has 5 heteroatoms. The number of nitrogens with one attached hydrogen (secondary N) is 2. The molecule has 19 heavy (non-hydrogen) atoms. The molecule has 0 saturated heterocycles. The molecule has 106 valence electrons. The molecule has 2 rings (SSSR count). The SMILES string of the molecule is CCNc1nc(C)cc(NCC2(O)CCCCC2)n1. The molecule has 5 nitrogen and oxygen atoms in total. The van der Waals surface area contributed by atoms with Crippen LogP contribution in [0.2, 0.25) is 0 Å². The molecule has 0 spiro atoms. The minimum atomic E-state index is -0.574. The van der Waals surface area contributed by atoms with Crippen LogP contribution in [0.4, 0.5) is 11.8 Å². The van der Waals surface area contributed by atoms with Crippen LogP contribution in [0.15, 0.2) is 6.07 Å². The Labute approximate surface area is 114 Å². The molecule has 0 aliphatic heterocycles. The Bertz CT molecular complexity index is 416. The fourth-order valence-electron chi connectivity index (χ4n) is 2.54. The Morgan fingerprint density at radius 2 is 1.95 bits per heavy atom. The zero-order chi connectivity index (χ0) is 13.7. The lowest BCUT2D eigenvalue weighted by atomic mass is 9.85. The van der Waals surface area contributed by atoms with Crippen LogP contribution in [0.5, 0.6) is 0 Å². The minimum Gasteiger partial charge on any atom is -0.388 e. The smallest absolute Gasteiger partial charge is 0.224 e. The third-order valence-electron chi connectivity index (χ3n) is 3.57. The zero-order valence-corrected chi connectivity index (χ0v) is 11.9. The van der Waals surface area contributed by atoms with Gasteiger partial charge in [0.1, 0.15) is 5.82 Å². The van der Waals surface area contributed by atoms with Crippen molar-refractivity contribution in [2.45, 2.75) is 51.6 Å². The summed E-state index contributed by atoms with van der Waals surface area (Å²) in [6.07, 6.45) is 5.22. The van der Waals surface area contributed by atoms with Crippen LogP contribution < -0.4 is 10.6 Å². The summed E-state index contributed by atoms with van der Waals surface area (Å²) in [5.41, 5.74) is 0.346. The number of hydrogen-bond donors (Lipinski definition) is 3. The van der Waals surface area contributed by atoms with Gasteiger partial charge in [-0.25, -0.2) is 4.98 Å². The van der Waals surface area contributed by atoms with Crippen LogP contribution in [0.3, 0.4) is 0 Å². The van der Waals surface area contributed by atoms with Crippen molar-refractivity contribution in [1.82, 2.24) is 9.97 Å². The molecule has 0 radical (unpaired) electrons. The molecule has 0 atom stereocenters. The van der Waals surface area contributed by atoms with E-state index in [1.54, 1.807) is 0 Å². The molecule has 3 N–H and O–H groups in total. The molecule has 0 amide bonds. The maximum atomic E-state index is 10.5. The first-order chi connectivity index (χ1) is 9.11. The summed E-state index contributed by atoms with van der Waals surface area (Å²) in [5, 5.41) is 16.8. The molecule has 0 unspecified atom stereocenters. The van der Waals surface area contributed by atoms with E-state index in [4.69, 9.17) is 0 Å². The number of aromatic nitrogens is 2. The third kappa shape index (κ3) is 4.06. The molecule has 1 saturated carbocycles. The van der Waals surface area contributed by atoms with Gasteiger partial charge in [0.05, 0.1) is 5.60 Å². The number of aliphatic hydroxyl groups is 1. The average Bonchev–Trinajstić information content (AvgIpc) is 2.37. The van der Waals surface area contributed by atoms with Crippen molar-refractivity contribution in [3.63, 3.8) is 0 Å². The molecular weight excluding hydrogens is 240 g/mol. The Hall–Kier alpha value is -1.36. The molecule has 0 aromatic carbocycles. The number of aryl methyl sites for hydroxylation is 1. The molecule has 1 fully saturated rings. The summed E-state index contributed by atoms with van der Waals surface area (Å²) >= 11 is 0. The standard InChI is InChI=1S/C14H24N4O/c1-3-15-13-17-11(2)9-12(18-13)16-10-14(19)7-5-4-6-8-14/h9,19H,3-8,10H2,1-2H3,(H2,15,16,17,18). The van der Waals surface area contributed by atoms with Crippen LogP contribution in [0, 0.1) is 6.92 Å². The zero-order valence-electron chi connectivity index (χ0n) is 11.9. The Morgan fingerprint density at radius 1 is 1.21 bits per heavy atom. The van der Waals surface area contributed by atoms with E-state index in [2.05, 4.69) is 20.6 Å². The van der Waals surface area contributed by atoms with Crippen LogP contribution in [0.1, 0.15) is 44.7 Å². The van der Waals surface area contributed by atoms with Crippen LogP contribution in [0.25, 0.3) is 0 Å². The Morgan fingerprint density at radius 3 is 2.63 bits per heavy atom. The van der Waals surface area contributed by atoms with Crippen molar-refractivity contribution in [3.8, 4) is 0 Å². The van der Waals surface area contributed by atoms with Gasteiger partial charge in [0.25, 0.3) is 0 Å².